The molecule has 1 saturated heterocycles. The predicted octanol–water partition coefficient (Wildman–Crippen LogP) is 0.851. The first-order valence-electron chi connectivity index (χ1n) is 6.60. The lowest BCUT2D eigenvalue weighted by Crippen LogP contribution is -2.39. The summed E-state index contributed by atoms with van der Waals surface area (Å²) in [6.07, 6.45) is 1.27. The van der Waals surface area contributed by atoms with E-state index in [2.05, 4.69) is 10.6 Å². The van der Waals surface area contributed by atoms with Crippen LogP contribution in [0.3, 0.4) is 0 Å². The van der Waals surface area contributed by atoms with Gasteiger partial charge in [0.25, 0.3) is 5.91 Å². The lowest BCUT2D eigenvalue weighted by atomic mass is 10.2. The molecule has 108 valence electrons. The molecule has 1 aliphatic rings. The molecule has 1 fully saturated rings. The molecule has 2 amide bonds. The predicted molar refractivity (Wildman–Crippen MR) is 70.7 cm³/mol. The van der Waals surface area contributed by atoms with Gasteiger partial charge >= 0.3 is 0 Å². The molecular formula is C14H17FN2O3. The summed E-state index contributed by atoms with van der Waals surface area (Å²) in [5.41, 5.74) is 0.260. The smallest absolute Gasteiger partial charge is 0.251 e. The van der Waals surface area contributed by atoms with E-state index in [1.807, 2.05) is 0 Å². The van der Waals surface area contributed by atoms with Crippen LogP contribution in [-0.2, 0) is 9.53 Å². The van der Waals surface area contributed by atoms with Gasteiger partial charge in [-0.3, -0.25) is 9.59 Å². The summed E-state index contributed by atoms with van der Waals surface area (Å²) in [5.74, 6) is -0.970. The van der Waals surface area contributed by atoms with Crippen LogP contribution in [-0.4, -0.2) is 37.6 Å². The van der Waals surface area contributed by atoms with Gasteiger partial charge in [0.05, 0.1) is 0 Å². The first kappa shape index (κ1) is 14.5. The van der Waals surface area contributed by atoms with Gasteiger partial charge in [-0.1, -0.05) is 6.07 Å². The van der Waals surface area contributed by atoms with Crippen molar-refractivity contribution in [3.8, 4) is 0 Å². The number of ether oxygens (including phenoxy) is 1. The molecule has 2 N–H and O–H groups in total. The molecule has 1 heterocycles. The monoisotopic (exact) mass is 280 g/mol. The Bertz CT molecular complexity index is 487. The summed E-state index contributed by atoms with van der Waals surface area (Å²) in [7, 11) is 0. The minimum Gasteiger partial charge on any atom is -0.368 e. The van der Waals surface area contributed by atoms with Crippen LogP contribution in [0.1, 0.15) is 23.2 Å². The standard InChI is InChI=1S/C14H17FN2O3/c15-11-4-1-3-10(9-11)13(18)16-6-7-17-14(19)12-5-2-8-20-12/h1,3-4,9,12H,2,5-8H2,(H,16,18)(H,17,19). The van der Waals surface area contributed by atoms with Gasteiger partial charge < -0.3 is 15.4 Å². The Labute approximate surface area is 116 Å². The lowest BCUT2D eigenvalue weighted by Gasteiger charge is -2.10. The van der Waals surface area contributed by atoms with Gasteiger partial charge in [0.1, 0.15) is 11.9 Å². The van der Waals surface area contributed by atoms with Gasteiger partial charge in [-0.05, 0) is 31.0 Å². The van der Waals surface area contributed by atoms with E-state index >= 15 is 0 Å². The fourth-order valence-corrected chi connectivity index (χ4v) is 1.99. The third-order valence-corrected chi connectivity index (χ3v) is 3.02. The molecule has 5 nitrogen and oxygen atoms in total. The lowest BCUT2D eigenvalue weighted by molar-refractivity contribution is -0.129. The zero-order valence-electron chi connectivity index (χ0n) is 11.0. The second-order valence-corrected chi connectivity index (χ2v) is 4.56. The Hall–Kier alpha value is -1.95. The molecule has 0 saturated carbocycles. The number of carbonyl (C=O) groups is 2. The highest BCUT2D eigenvalue weighted by molar-refractivity contribution is 5.94. The maximum atomic E-state index is 12.9. The minimum atomic E-state index is -0.454. The normalized spacial score (nSPS) is 17.8. The highest BCUT2D eigenvalue weighted by Crippen LogP contribution is 2.11. The van der Waals surface area contributed by atoms with Crippen LogP contribution in [0.15, 0.2) is 24.3 Å². The van der Waals surface area contributed by atoms with Gasteiger partial charge in [-0.15, -0.1) is 0 Å². The molecule has 1 atom stereocenters. The van der Waals surface area contributed by atoms with Crippen molar-refractivity contribution in [2.24, 2.45) is 0 Å². The van der Waals surface area contributed by atoms with Crippen molar-refractivity contribution in [3.05, 3.63) is 35.6 Å². The second kappa shape index (κ2) is 7.00. The summed E-state index contributed by atoms with van der Waals surface area (Å²) in [6.45, 7) is 1.22. The molecule has 0 spiro atoms. The van der Waals surface area contributed by atoms with E-state index in [0.29, 0.717) is 13.2 Å². The first-order valence-corrected chi connectivity index (χ1v) is 6.60. The third kappa shape index (κ3) is 4.03. The summed E-state index contributed by atoms with van der Waals surface area (Å²) < 4.78 is 18.2. The number of halogens is 1. The van der Waals surface area contributed by atoms with Crippen molar-refractivity contribution in [1.29, 1.82) is 0 Å². The molecule has 0 aliphatic carbocycles. The summed E-state index contributed by atoms with van der Waals surface area (Å²) in [4.78, 5) is 23.3. The van der Waals surface area contributed by atoms with E-state index in [1.54, 1.807) is 0 Å². The molecule has 1 aromatic carbocycles. The highest BCUT2D eigenvalue weighted by atomic mass is 19.1. The van der Waals surface area contributed by atoms with Crippen LogP contribution in [0, 0.1) is 5.82 Å². The fraction of sp³-hybridized carbons (Fsp3) is 0.429. The largest absolute Gasteiger partial charge is 0.368 e. The first-order chi connectivity index (χ1) is 9.66. The Kier molecular flexibility index (Phi) is 5.06. The molecule has 0 bridgehead atoms. The van der Waals surface area contributed by atoms with Crippen molar-refractivity contribution in [3.63, 3.8) is 0 Å². The van der Waals surface area contributed by atoms with Crippen LogP contribution in [0.2, 0.25) is 0 Å². The van der Waals surface area contributed by atoms with Gasteiger partial charge in [0, 0.05) is 25.3 Å². The zero-order valence-corrected chi connectivity index (χ0v) is 11.0. The SMILES string of the molecule is O=C(NCCNC(=O)C1CCCO1)c1cccc(F)c1. The molecule has 1 aliphatic heterocycles. The van der Waals surface area contributed by atoms with Crippen LogP contribution >= 0.6 is 0 Å². The third-order valence-electron chi connectivity index (χ3n) is 3.02. The summed E-state index contributed by atoms with van der Waals surface area (Å²) in [6, 6.07) is 5.45. The Morgan fingerprint density at radius 3 is 2.80 bits per heavy atom. The van der Waals surface area contributed by atoms with Gasteiger partial charge in [-0.2, -0.15) is 0 Å². The zero-order chi connectivity index (χ0) is 14.4. The highest BCUT2D eigenvalue weighted by Gasteiger charge is 2.22. The number of amides is 2. The second-order valence-electron chi connectivity index (χ2n) is 4.56. The van der Waals surface area contributed by atoms with Crippen molar-refractivity contribution in [1.82, 2.24) is 10.6 Å². The number of hydrogen-bond donors (Lipinski definition) is 2. The van der Waals surface area contributed by atoms with Crippen LogP contribution < -0.4 is 10.6 Å². The summed E-state index contributed by atoms with van der Waals surface area (Å²) in [5, 5.41) is 5.30. The Morgan fingerprint density at radius 2 is 2.10 bits per heavy atom. The Morgan fingerprint density at radius 1 is 1.30 bits per heavy atom. The molecule has 1 aromatic rings. The van der Waals surface area contributed by atoms with Crippen molar-refractivity contribution >= 4 is 11.8 Å². The van der Waals surface area contributed by atoms with Crippen LogP contribution in [0.4, 0.5) is 4.39 Å². The molecule has 1 unspecified atom stereocenters. The molecule has 0 radical (unpaired) electrons. The van der Waals surface area contributed by atoms with E-state index < -0.39 is 5.82 Å². The number of rotatable bonds is 5. The van der Waals surface area contributed by atoms with E-state index in [0.717, 1.165) is 12.8 Å². The van der Waals surface area contributed by atoms with Crippen molar-refractivity contribution in [2.75, 3.05) is 19.7 Å². The molecular weight excluding hydrogens is 263 g/mol. The van der Waals surface area contributed by atoms with E-state index in [4.69, 9.17) is 4.74 Å². The van der Waals surface area contributed by atoms with Crippen molar-refractivity contribution in [2.45, 2.75) is 18.9 Å². The average molecular weight is 280 g/mol. The molecule has 2 rings (SSSR count). The van der Waals surface area contributed by atoms with Gasteiger partial charge in [-0.25, -0.2) is 4.39 Å². The fourth-order valence-electron chi connectivity index (χ4n) is 1.99. The van der Waals surface area contributed by atoms with E-state index in [9.17, 15) is 14.0 Å². The topological polar surface area (TPSA) is 67.4 Å². The number of carbonyl (C=O) groups excluding carboxylic acids is 2. The maximum absolute atomic E-state index is 12.9. The quantitative estimate of drug-likeness (QED) is 0.786. The summed E-state index contributed by atoms with van der Waals surface area (Å²) >= 11 is 0. The average Bonchev–Trinajstić information content (AvgIpc) is 2.97. The van der Waals surface area contributed by atoms with Gasteiger partial charge in [0.15, 0.2) is 0 Å². The number of nitrogens with one attached hydrogen (secondary N) is 2. The minimum absolute atomic E-state index is 0.150. The number of hydrogen-bond acceptors (Lipinski definition) is 3. The molecule has 6 heteroatoms. The van der Waals surface area contributed by atoms with E-state index in [-0.39, 0.29) is 30.0 Å². The maximum Gasteiger partial charge on any atom is 0.251 e. The van der Waals surface area contributed by atoms with E-state index in [1.165, 1.54) is 24.3 Å². The Balaban J connectivity index is 1.68. The van der Waals surface area contributed by atoms with Crippen LogP contribution in [0.5, 0.6) is 0 Å². The van der Waals surface area contributed by atoms with Crippen molar-refractivity contribution < 1.29 is 18.7 Å². The molecule has 0 aromatic heterocycles. The van der Waals surface area contributed by atoms with Crippen LogP contribution in [0.25, 0.3) is 0 Å². The van der Waals surface area contributed by atoms with Gasteiger partial charge in [0.2, 0.25) is 5.91 Å². The molecule has 20 heavy (non-hydrogen) atoms. The number of benzene rings is 1.